The molecule has 0 radical (unpaired) electrons. The molecule has 0 bridgehead atoms. The number of aromatic nitrogens is 3. The molecule has 0 amide bonds. The summed E-state index contributed by atoms with van der Waals surface area (Å²) in [5, 5.41) is 8.20. The lowest BCUT2D eigenvalue weighted by molar-refractivity contribution is 0.519. The summed E-state index contributed by atoms with van der Waals surface area (Å²) in [6.45, 7) is 4.77. The molecule has 1 N–H and O–H groups in total. The highest BCUT2D eigenvalue weighted by Crippen LogP contribution is 2.22. The van der Waals surface area contributed by atoms with E-state index in [4.69, 9.17) is 11.6 Å². The first-order valence-electron chi connectivity index (χ1n) is 8.30. The molecule has 1 atom stereocenters. The van der Waals surface area contributed by atoms with E-state index in [2.05, 4.69) is 17.3 Å². The summed E-state index contributed by atoms with van der Waals surface area (Å²) in [6.07, 6.45) is 9.42. The molecule has 0 saturated heterocycles. The molecule has 7 heteroatoms. The number of rotatable bonds is 5. The molecule has 1 aliphatic rings. The molecule has 0 spiro atoms. The maximum Gasteiger partial charge on any atom is 0.284 e. The summed E-state index contributed by atoms with van der Waals surface area (Å²) in [5.41, 5.74) is 0.385. The lowest BCUT2D eigenvalue weighted by Gasteiger charge is -2.19. The highest BCUT2D eigenvalue weighted by atomic mass is 35.5. The van der Waals surface area contributed by atoms with Crippen molar-refractivity contribution < 1.29 is 4.39 Å². The van der Waals surface area contributed by atoms with Crippen LogP contribution in [0.4, 0.5) is 4.39 Å². The molecule has 0 unspecified atom stereocenters. The largest absolute Gasteiger partial charge is 0.308 e. The van der Waals surface area contributed by atoms with E-state index < -0.39 is 0 Å². The van der Waals surface area contributed by atoms with Gasteiger partial charge in [0, 0.05) is 6.20 Å². The van der Waals surface area contributed by atoms with Gasteiger partial charge < -0.3 is 5.32 Å². The first-order chi connectivity index (χ1) is 12.0. The summed E-state index contributed by atoms with van der Waals surface area (Å²) >= 11 is 6.15. The number of allylic oxidation sites excluding steroid dienone is 6. The highest BCUT2D eigenvalue weighted by Gasteiger charge is 2.20. The van der Waals surface area contributed by atoms with Crippen LogP contribution in [0, 0.1) is 0 Å². The van der Waals surface area contributed by atoms with E-state index in [1.807, 2.05) is 13.0 Å². The van der Waals surface area contributed by atoms with E-state index in [1.54, 1.807) is 18.3 Å². The number of nitrogens with one attached hydrogen (secondary N) is 1. The lowest BCUT2D eigenvalue weighted by atomic mass is 10.2. The Hall–Kier alpha value is -2.18. The topological polar surface area (TPSA) is 51.3 Å². The molecule has 5 nitrogen and oxygen atoms in total. The standard InChI is InChI=1S/C18H20ClFN4O/c1-3-9-21-12(2)17-22-23-10-8-15(19)16(23)18(25)24(17)14-7-5-4-6-13(20)11-14/h5-8,10-12,21H,3-4,9H2,1-2H3/t12-/m0/s1. The fourth-order valence-corrected chi connectivity index (χ4v) is 3.01. The van der Waals surface area contributed by atoms with E-state index in [-0.39, 0.29) is 22.9 Å². The van der Waals surface area contributed by atoms with E-state index in [1.165, 1.54) is 21.2 Å². The Labute approximate surface area is 150 Å². The second-order valence-corrected chi connectivity index (χ2v) is 6.33. The van der Waals surface area contributed by atoms with Gasteiger partial charge in [0.2, 0.25) is 0 Å². The fraction of sp³-hybridized carbons (Fsp3) is 0.333. The van der Waals surface area contributed by atoms with Crippen molar-refractivity contribution in [2.75, 3.05) is 6.54 Å². The van der Waals surface area contributed by atoms with Crippen molar-refractivity contribution in [3.05, 3.63) is 63.6 Å². The van der Waals surface area contributed by atoms with Crippen LogP contribution in [0.3, 0.4) is 0 Å². The molecular weight excluding hydrogens is 343 g/mol. The van der Waals surface area contributed by atoms with Gasteiger partial charge in [-0.2, -0.15) is 5.10 Å². The second kappa shape index (κ2) is 7.37. The molecule has 3 rings (SSSR count). The third-order valence-corrected chi connectivity index (χ3v) is 4.34. The summed E-state index contributed by atoms with van der Waals surface area (Å²) in [4.78, 5) is 13.1. The van der Waals surface area contributed by atoms with Gasteiger partial charge in [0.15, 0.2) is 5.82 Å². The van der Waals surface area contributed by atoms with E-state index >= 15 is 0 Å². The van der Waals surface area contributed by atoms with Crippen molar-refractivity contribution in [2.45, 2.75) is 32.7 Å². The first kappa shape index (κ1) is 17.6. The summed E-state index contributed by atoms with van der Waals surface area (Å²) in [5.74, 6) is 0.122. The van der Waals surface area contributed by atoms with Crippen LogP contribution < -0.4 is 10.9 Å². The van der Waals surface area contributed by atoms with Gasteiger partial charge in [-0.25, -0.2) is 8.91 Å². The van der Waals surface area contributed by atoms with Gasteiger partial charge in [0.25, 0.3) is 5.56 Å². The van der Waals surface area contributed by atoms with Gasteiger partial charge in [-0.3, -0.25) is 9.36 Å². The third kappa shape index (κ3) is 3.45. The minimum Gasteiger partial charge on any atom is -0.308 e. The van der Waals surface area contributed by atoms with Crippen molar-refractivity contribution in [1.29, 1.82) is 0 Å². The van der Waals surface area contributed by atoms with Crippen LogP contribution in [0.15, 0.2) is 47.2 Å². The van der Waals surface area contributed by atoms with Crippen molar-refractivity contribution in [2.24, 2.45) is 0 Å². The molecule has 0 fully saturated rings. The molecule has 0 saturated carbocycles. The van der Waals surface area contributed by atoms with Crippen molar-refractivity contribution in [1.82, 2.24) is 19.5 Å². The van der Waals surface area contributed by atoms with Crippen LogP contribution in [0.5, 0.6) is 0 Å². The van der Waals surface area contributed by atoms with E-state index in [0.717, 1.165) is 13.0 Å². The predicted octanol–water partition coefficient (Wildman–Crippen LogP) is 3.86. The van der Waals surface area contributed by atoms with Gasteiger partial charge in [0.05, 0.1) is 16.8 Å². The third-order valence-electron chi connectivity index (χ3n) is 4.03. The van der Waals surface area contributed by atoms with Gasteiger partial charge in [-0.15, -0.1) is 0 Å². The van der Waals surface area contributed by atoms with Gasteiger partial charge in [-0.05, 0) is 50.6 Å². The first-order valence-corrected chi connectivity index (χ1v) is 8.68. The van der Waals surface area contributed by atoms with Crippen LogP contribution in [0.25, 0.3) is 11.2 Å². The number of nitrogens with zero attached hydrogens (tertiary/aromatic N) is 3. The second-order valence-electron chi connectivity index (χ2n) is 5.93. The zero-order chi connectivity index (χ0) is 18.0. The Morgan fingerprint density at radius 3 is 3.04 bits per heavy atom. The van der Waals surface area contributed by atoms with Crippen LogP contribution in [-0.4, -0.2) is 20.7 Å². The average Bonchev–Trinajstić information content (AvgIpc) is 2.82. The summed E-state index contributed by atoms with van der Waals surface area (Å²) in [7, 11) is 0. The Balaban J connectivity index is 2.26. The molecule has 2 heterocycles. The Bertz CT molecular complexity index is 938. The number of hydrogen-bond acceptors (Lipinski definition) is 3. The van der Waals surface area contributed by atoms with Crippen LogP contribution in [-0.2, 0) is 0 Å². The average molecular weight is 363 g/mol. The number of fused-ring (bicyclic) bond motifs is 1. The van der Waals surface area contributed by atoms with Crippen molar-refractivity contribution >= 4 is 22.8 Å². The molecule has 25 heavy (non-hydrogen) atoms. The van der Waals surface area contributed by atoms with Crippen molar-refractivity contribution in [3.63, 3.8) is 0 Å². The minimum atomic E-state index is -0.381. The Morgan fingerprint density at radius 2 is 2.28 bits per heavy atom. The fourth-order valence-electron chi connectivity index (χ4n) is 2.79. The molecule has 0 aromatic carbocycles. The smallest absolute Gasteiger partial charge is 0.284 e. The van der Waals surface area contributed by atoms with Crippen LogP contribution in [0.2, 0.25) is 5.02 Å². The van der Waals surface area contributed by atoms with Gasteiger partial charge in [0.1, 0.15) is 11.3 Å². The summed E-state index contributed by atoms with van der Waals surface area (Å²) < 4.78 is 16.9. The Kier molecular flexibility index (Phi) is 5.20. The van der Waals surface area contributed by atoms with Crippen molar-refractivity contribution in [3.8, 4) is 0 Å². The number of halogens is 2. The minimum absolute atomic E-state index is 0.192. The normalized spacial score (nSPS) is 15.8. The molecule has 0 aliphatic heterocycles. The molecule has 132 valence electrons. The molecule has 1 aliphatic carbocycles. The number of hydrogen-bond donors (Lipinski definition) is 1. The molecule has 2 aromatic heterocycles. The maximum atomic E-state index is 13.9. The zero-order valence-electron chi connectivity index (χ0n) is 14.2. The Morgan fingerprint density at radius 1 is 1.48 bits per heavy atom. The van der Waals surface area contributed by atoms with E-state index in [9.17, 15) is 9.18 Å². The predicted molar refractivity (Wildman–Crippen MR) is 98.4 cm³/mol. The van der Waals surface area contributed by atoms with Crippen LogP contribution in [0.1, 0.15) is 38.6 Å². The van der Waals surface area contributed by atoms with Crippen LogP contribution >= 0.6 is 11.6 Å². The zero-order valence-corrected chi connectivity index (χ0v) is 14.9. The van der Waals surface area contributed by atoms with Gasteiger partial charge in [-0.1, -0.05) is 24.6 Å². The lowest BCUT2D eigenvalue weighted by Crippen LogP contribution is -2.32. The highest BCUT2D eigenvalue weighted by molar-refractivity contribution is 6.33. The monoisotopic (exact) mass is 362 g/mol. The quantitative estimate of drug-likeness (QED) is 0.878. The van der Waals surface area contributed by atoms with Gasteiger partial charge >= 0.3 is 0 Å². The summed E-state index contributed by atoms with van der Waals surface area (Å²) in [6, 6.07) is 1.43. The SMILES string of the molecule is CCCN[C@@H](C)c1nn2ccc(Cl)c2c(=O)n1C1=CC(F)=CCC=C1. The van der Waals surface area contributed by atoms with E-state index in [0.29, 0.717) is 23.0 Å². The molecular formula is C18H20ClFN4O. The maximum absolute atomic E-state index is 13.9. The molecule has 2 aromatic rings.